The molecule has 2 atom stereocenters. The van der Waals surface area contributed by atoms with E-state index in [-0.39, 0.29) is 23.3 Å². The molecular weight excluding hydrogens is 283 g/mol. The third kappa shape index (κ3) is 2.66. The van der Waals surface area contributed by atoms with Crippen molar-refractivity contribution in [3.63, 3.8) is 0 Å². The van der Waals surface area contributed by atoms with Crippen LogP contribution < -0.4 is 4.90 Å². The number of hydrogen-bond donors (Lipinski definition) is 1. The lowest BCUT2D eigenvalue weighted by atomic mass is 9.97. The minimum absolute atomic E-state index is 0.183. The van der Waals surface area contributed by atoms with Gasteiger partial charge >= 0.3 is 5.97 Å². The maximum atomic E-state index is 13.0. The van der Waals surface area contributed by atoms with Crippen molar-refractivity contribution in [3.8, 4) is 0 Å². The zero-order chi connectivity index (χ0) is 15.7. The lowest BCUT2D eigenvalue weighted by Crippen LogP contribution is -2.29. The highest BCUT2D eigenvalue weighted by Gasteiger charge is 2.32. The van der Waals surface area contributed by atoms with Crippen molar-refractivity contribution in [2.45, 2.75) is 25.3 Å². The van der Waals surface area contributed by atoms with E-state index < -0.39 is 5.97 Å². The van der Waals surface area contributed by atoms with Crippen LogP contribution in [-0.2, 0) is 0 Å². The summed E-state index contributed by atoms with van der Waals surface area (Å²) in [6.45, 7) is 2.74. The van der Waals surface area contributed by atoms with Gasteiger partial charge in [0.1, 0.15) is 17.2 Å². The smallest absolute Gasteiger partial charge is 0.339 e. The van der Waals surface area contributed by atoms with Crippen LogP contribution in [0.25, 0.3) is 0 Å². The van der Waals surface area contributed by atoms with Crippen molar-refractivity contribution in [1.29, 1.82) is 0 Å². The summed E-state index contributed by atoms with van der Waals surface area (Å²) in [5.41, 5.74) is 1.29. The molecule has 2 aromatic rings. The summed E-state index contributed by atoms with van der Waals surface area (Å²) in [5, 5.41) is 9.32. The predicted molar refractivity (Wildman–Crippen MR) is 81.8 cm³/mol. The van der Waals surface area contributed by atoms with Crippen LogP contribution in [0.2, 0.25) is 0 Å². The molecular formula is C17H17FN2O2. The van der Waals surface area contributed by atoms with Gasteiger partial charge in [0.25, 0.3) is 0 Å². The molecule has 4 nitrogen and oxygen atoms in total. The fourth-order valence-electron chi connectivity index (χ4n) is 3.10. The summed E-state index contributed by atoms with van der Waals surface area (Å²) in [5.74, 6) is -0.462. The molecule has 0 bridgehead atoms. The number of carboxylic acid groups (broad SMARTS) is 1. The molecule has 0 aliphatic carbocycles. The summed E-state index contributed by atoms with van der Waals surface area (Å²) in [6, 6.07) is 9.91. The van der Waals surface area contributed by atoms with E-state index in [4.69, 9.17) is 0 Å². The molecule has 2 unspecified atom stereocenters. The van der Waals surface area contributed by atoms with E-state index in [1.54, 1.807) is 30.5 Å². The number of carbonyl (C=O) groups is 1. The summed E-state index contributed by atoms with van der Waals surface area (Å²) in [4.78, 5) is 17.7. The lowest BCUT2D eigenvalue weighted by Gasteiger charge is -2.24. The van der Waals surface area contributed by atoms with E-state index >= 15 is 0 Å². The average Bonchev–Trinajstić information content (AvgIpc) is 2.89. The molecule has 1 aliphatic rings. The Hall–Kier alpha value is -2.43. The van der Waals surface area contributed by atoms with Gasteiger partial charge in [-0.2, -0.15) is 0 Å². The summed E-state index contributed by atoms with van der Waals surface area (Å²) >= 11 is 0. The van der Waals surface area contributed by atoms with Crippen LogP contribution in [0, 0.1) is 5.82 Å². The average molecular weight is 300 g/mol. The normalized spacial score (nSPS) is 21.1. The second-order valence-corrected chi connectivity index (χ2v) is 5.67. The maximum Gasteiger partial charge on any atom is 0.339 e. The Morgan fingerprint density at radius 3 is 2.73 bits per heavy atom. The number of rotatable bonds is 3. The number of hydrogen-bond acceptors (Lipinski definition) is 3. The fourth-order valence-corrected chi connectivity index (χ4v) is 3.10. The zero-order valence-corrected chi connectivity index (χ0v) is 12.2. The highest BCUT2D eigenvalue weighted by molar-refractivity contribution is 5.93. The van der Waals surface area contributed by atoms with Crippen molar-refractivity contribution in [2.75, 3.05) is 11.4 Å². The van der Waals surface area contributed by atoms with E-state index in [1.807, 2.05) is 4.90 Å². The second kappa shape index (κ2) is 5.75. The zero-order valence-electron chi connectivity index (χ0n) is 12.2. The van der Waals surface area contributed by atoms with Gasteiger partial charge in [-0.25, -0.2) is 14.2 Å². The molecule has 1 aliphatic heterocycles. The fraction of sp³-hybridized carbons (Fsp3) is 0.294. The molecule has 2 heterocycles. The Bertz CT molecular complexity index is 687. The van der Waals surface area contributed by atoms with Gasteiger partial charge < -0.3 is 10.0 Å². The predicted octanol–water partition coefficient (Wildman–Crippen LogP) is 3.30. The van der Waals surface area contributed by atoms with Crippen LogP contribution in [0.1, 0.15) is 35.2 Å². The second-order valence-electron chi connectivity index (χ2n) is 5.67. The molecule has 1 saturated heterocycles. The van der Waals surface area contributed by atoms with Gasteiger partial charge in [0, 0.05) is 24.7 Å². The standard InChI is InChI=1S/C17H17FN2O2/c1-11-9-13(12-4-6-14(18)7-5-12)10-20(11)16-15(17(21)22)3-2-8-19-16/h2-8,11,13H,9-10H2,1H3,(H,21,22). The third-order valence-electron chi connectivity index (χ3n) is 4.21. The number of pyridine rings is 1. The molecule has 0 radical (unpaired) electrons. The first-order valence-corrected chi connectivity index (χ1v) is 7.26. The third-order valence-corrected chi connectivity index (χ3v) is 4.21. The highest BCUT2D eigenvalue weighted by atomic mass is 19.1. The van der Waals surface area contributed by atoms with Gasteiger partial charge in [0.15, 0.2) is 0 Å². The lowest BCUT2D eigenvalue weighted by molar-refractivity contribution is 0.0697. The summed E-state index contributed by atoms with van der Waals surface area (Å²) < 4.78 is 13.0. The molecule has 5 heteroatoms. The first-order valence-electron chi connectivity index (χ1n) is 7.26. The van der Waals surface area contributed by atoms with E-state index in [9.17, 15) is 14.3 Å². The first kappa shape index (κ1) is 14.5. The molecule has 114 valence electrons. The number of aromatic nitrogens is 1. The van der Waals surface area contributed by atoms with Crippen LogP contribution in [0.15, 0.2) is 42.6 Å². The number of carboxylic acids is 1. The Morgan fingerprint density at radius 1 is 1.32 bits per heavy atom. The quantitative estimate of drug-likeness (QED) is 0.945. The van der Waals surface area contributed by atoms with E-state index in [0.717, 1.165) is 12.0 Å². The van der Waals surface area contributed by atoms with E-state index in [1.165, 1.54) is 12.1 Å². The van der Waals surface area contributed by atoms with Crippen molar-refractivity contribution in [2.24, 2.45) is 0 Å². The van der Waals surface area contributed by atoms with Gasteiger partial charge in [-0.1, -0.05) is 12.1 Å². The van der Waals surface area contributed by atoms with Gasteiger partial charge in [-0.05, 0) is 43.2 Å². The Morgan fingerprint density at radius 2 is 2.05 bits per heavy atom. The maximum absolute atomic E-state index is 13.0. The van der Waals surface area contributed by atoms with Gasteiger partial charge in [0.2, 0.25) is 0 Å². The van der Waals surface area contributed by atoms with Crippen LogP contribution in [-0.4, -0.2) is 28.6 Å². The molecule has 1 aromatic carbocycles. The Kier molecular flexibility index (Phi) is 3.79. The monoisotopic (exact) mass is 300 g/mol. The molecule has 0 saturated carbocycles. The number of aromatic carboxylic acids is 1. The molecule has 0 spiro atoms. The molecule has 1 N–H and O–H groups in total. The largest absolute Gasteiger partial charge is 0.478 e. The van der Waals surface area contributed by atoms with E-state index in [0.29, 0.717) is 12.4 Å². The topological polar surface area (TPSA) is 53.4 Å². The Labute approximate surface area is 128 Å². The SMILES string of the molecule is CC1CC(c2ccc(F)cc2)CN1c1ncccc1C(=O)O. The van der Waals surface area contributed by atoms with Crippen molar-refractivity contribution < 1.29 is 14.3 Å². The summed E-state index contributed by atoms with van der Waals surface area (Å²) in [6.07, 6.45) is 2.50. The first-order chi connectivity index (χ1) is 10.6. The van der Waals surface area contributed by atoms with Gasteiger partial charge in [-0.3, -0.25) is 0 Å². The van der Waals surface area contributed by atoms with Crippen LogP contribution in [0.3, 0.4) is 0 Å². The number of nitrogens with zero attached hydrogens (tertiary/aromatic N) is 2. The number of benzene rings is 1. The molecule has 0 amide bonds. The molecule has 1 aromatic heterocycles. The van der Waals surface area contributed by atoms with Gasteiger partial charge in [0.05, 0.1) is 0 Å². The minimum Gasteiger partial charge on any atom is -0.478 e. The molecule has 22 heavy (non-hydrogen) atoms. The van der Waals surface area contributed by atoms with Crippen molar-refractivity contribution in [3.05, 3.63) is 59.5 Å². The van der Waals surface area contributed by atoms with Crippen LogP contribution in [0.5, 0.6) is 0 Å². The van der Waals surface area contributed by atoms with Crippen molar-refractivity contribution >= 4 is 11.8 Å². The van der Waals surface area contributed by atoms with Crippen LogP contribution >= 0.6 is 0 Å². The number of halogens is 1. The highest BCUT2D eigenvalue weighted by Crippen LogP contribution is 2.35. The Balaban J connectivity index is 1.88. The van der Waals surface area contributed by atoms with Crippen molar-refractivity contribution in [1.82, 2.24) is 4.98 Å². The minimum atomic E-state index is -0.972. The van der Waals surface area contributed by atoms with Gasteiger partial charge in [-0.15, -0.1) is 0 Å². The molecule has 3 rings (SSSR count). The molecule has 1 fully saturated rings. The summed E-state index contributed by atoms with van der Waals surface area (Å²) in [7, 11) is 0. The van der Waals surface area contributed by atoms with E-state index in [2.05, 4.69) is 11.9 Å². The number of anilines is 1. The van der Waals surface area contributed by atoms with Crippen LogP contribution in [0.4, 0.5) is 10.2 Å².